The SMILES string of the molecule is CCC[C@@]12C(=O)[C@@](C)(C(c3ccccc3)=C1c1ccccc1)[C@H]1C(=O)N(c3ccc4ccccc4c3)C(=O)[C@H]12. The van der Waals surface area contributed by atoms with Gasteiger partial charge in [0.1, 0.15) is 0 Å². The Kier molecular flexibility index (Phi) is 5.09. The van der Waals surface area contributed by atoms with E-state index in [1.165, 1.54) is 4.90 Å². The summed E-state index contributed by atoms with van der Waals surface area (Å²) in [6.45, 7) is 3.97. The number of imide groups is 1. The highest BCUT2D eigenvalue weighted by atomic mass is 16.2. The van der Waals surface area contributed by atoms with Crippen LogP contribution in [0, 0.1) is 22.7 Å². The fraction of sp³-hybridized carbons (Fsp3) is 0.229. The van der Waals surface area contributed by atoms with Gasteiger partial charge >= 0.3 is 0 Å². The van der Waals surface area contributed by atoms with Gasteiger partial charge < -0.3 is 0 Å². The number of allylic oxidation sites excluding steroid dienone is 2. The van der Waals surface area contributed by atoms with Crippen molar-refractivity contribution >= 4 is 45.2 Å². The maximum Gasteiger partial charge on any atom is 0.239 e. The first-order valence-electron chi connectivity index (χ1n) is 13.7. The van der Waals surface area contributed by atoms with Gasteiger partial charge in [-0.1, -0.05) is 104 Å². The second-order valence-electron chi connectivity index (χ2n) is 11.2. The number of nitrogens with zero attached hydrogens (tertiary/aromatic N) is 1. The molecule has 4 aromatic rings. The van der Waals surface area contributed by atoms with Crippen LogP contribution in [-0.2, 0) is 14.4 Å². The normalized spacial score (nSPS) is 27.6. The predicted molar refractivity (Wildman–Crippen MR) is 154 cm³/mol. The van der Waals surface area contributed by atoms with Crippen LogP contribution in [0.15, 0.2) is 103 Å². The first kappa shape index (κ1) is 23.8. The summed E-state index contributed by atoms with van der Waals surface area (Å²) in [7, 11) is 0. The van der Waals surface area contributed by atoms with Gasteiger partial charge in [-0.15, -0.1) is 0 Å². The van der Waals surface area contributed by atoms with E-state index in [1.807, 2.05) is 110 Å². The van der Waals surface area contributed by atoms with Gasteiger partial charge in [0, 0.05) is 0 Å². The molecule has 2 fully saturated rings. The molecule has 1 saturated heterocycles. The fourth-order valence-corrected chi connectivity index (χ4v) is 7.93. The van der Waals surface area contributed by atoms with Gasteiger partial charge in [0.25, 0.3) is 0 Å². The quantitative estimate of drug-likeness (QED) is 0.273. The Labute approximate surface area is 228 Å². The van der Waals surface area contributed by atoms with E-state index < -0.39 is 22.7 Å². The zero-order valence-electron chi connectivity index (χ0n) is 22.1. The molecule has 1 aliphatic heterocycles. The number of hydrogen-bond donors (Lipinski definition) is 0. The van der Waals surface area contributed by atoms with Crippen LogP contribution in [0.5, 0.6) is 0 Å². The van der Waals surface area contributed by atoms with E-state index in [4.69, 9.17) is 0 Å². The van der Waals surface area contributed by atoms with Crippen molar-refractivity contribution in [2.24, 2.45) is 22.7 Å². The minimum Gasteiger partial charge on any atom is -0.298 e. The van der Waals surface area contributed by atoms with Gasteiger partial charge in [-0.25, -0.2) is 4.90 Å². The van der Waals surface area contributed by atoms with Crippen molar-refractivity contribution in [3.63, 3.8) is 0 Å². The third-order valence-electron chi connectivity index (χ3n) is 9.31. The van der Waals surface area contributed by atoms with Crippen LogP contribution in [0.2, 0.25) is 0 Å². The second-order valence-corrected chi connectivity index (χ2v) is 11.2. The molecule has 4 aromatic carbocycles. The molecule has 7 rings (SSSR count). The van der Waals surface area contributed by atoms with Crippen LogP contribution in [0.3, 0.4) is 0 Å². The lowest BCUT2D eigenvalue weighted by molar-refractivity contribution is -0.134. The third kappa shape index (κ3) is 2.92. The molecule has 0 N–H and O–H groups in total. The van der Waals surface area contributed by atoms with Crippen LogP contribution < -0.4 is 4.90 Å². The molecule has 192 valence electrons. The molecule has 1 heterocycles. The number of amides is 2. The number of anilines is 1. The number of carbonyl (C=O) groups excluding carboxylic acids is 3. The zero-order valence-corrected chi connectivity index (χ0v) is 22.1. The summed E-state index contributed by atoms with van der Waals surface area (Å²) in [5.41, 5.74) is 2.12. The first-order chi connectivity index (χ1) is 18.9. The Morgan fingerprint density at radius 2 is 1.23 bits per heavy atom. The summed E-state index contributed by atoms with van der Waals surface area (Å²) in [5, 5.41) is 2.01. The number of fused-ring (bicyclic) bond motifs is 6. The van der Waals surface area contributed by atoms with Gasteiger partial charge in [-0.3, -0.25) is 14.4 Å². The van der Waals surface area contributed by atoms with Crippen LogP contribution in [-0.4, -0.2) is 17.6 Å². The lowest BCUT2D eigenvalue weighted by atomic mass is 9.61. The minimum atomic E-state index is -1.11. The molecule has 4 heteroatoms. The molecule has 2 bridgehead atoms. The van der Waals surface area contributed by atoms with Crippen molar-refractivity contribution in [2.75, 3.05) is 4.90 Å². The first-order valence-corrected chi connectivity index (χ1v) is 13.7. The van der Waals surface area contributed by atoms with Gasteiger partial charge in [0.2, 0.25) is 11.8 Å². The van der Waals surface area contributed by atoms with Crippen molar-refractivity contribution < 1.29 is 14.4 Å². The van der Waals surface area contributed by atoms with E-state index in [0.29, 0.717) is 12.1 Å². The number of ketones is 1. The monoisotopic (exact) mass is 511 g/mol. The summed E-state index contributed by atoms with van der Waals surface area (Å²) in [6.07, 6.45) is 1.24. The molecule has 0 radical (unpaired) electrons. The van der Waals surface area contributed by atoms with Gasteiger partial charge in [-0.05, 0) is 58.5 Å². The van der Waals surface area contributed by atoms with Gasteiger partial charge in [0.05, 0.1) is 28.4 Å². The van der Waals surface area contributed by atoms with Crippen LogP contribution in [0.25, 0.3) is 21.9 Å². The number of rotatable bonds is 5. The molecule has 0 spiro atoms. The Morgan fingerprint density at radius 1 is 0.667 bits per heavy atom. The number of benzene rings is 4. The molecule has 2 amide bonds. The zero-order chi connectivity index (χ0) is 26.9. The summed E-state index contributed by atoms with van der Waals surface area (Å²) >= 11 is 0. The average Bonchev–Trinajstić information content (AvgIpc) is 3.43. The van der Waals surface area contributed by atoms with Crippen molar-refractivity contribution in [1.29, 1.82) is 0 Å². The predicted octanol–water partition coefficient (Wildman–Crippen LogP) is 6.95. The minimum absolute atomic E-state index is 0.0180. The van der Waals surface area contributed by atoms with Crippen LogP contribution in [0.4, 0.5) is 5.69 Å². The van der Waals surface area contributed by atoms with Crippen molar-refractivity contribution in [2.45, 2.75) is 26.7 Å². The van der Waals surface area contributed by atoms with Crippen LogP contribution in [0.1, 0.15) is 37.8 Å². The fourth-order valence-electron chi connectivity index (χ4n) is 7.93. The Balaban J connectivity index is 1.49. The largest absolute Gasteiger partial charge is 0.298 e. The Morgan fingerprint density at radius 3 is 1.87 bits per heavy atom. The molecule has 3 aliphatic rings. The highest BCUT2D eigenvalue weighted by Crippen LogP contribution is 2.75. The number of Topliss-reactive ketones (excluding diaryl/α,β-unsaturated/α-hetero) is 1. The van der Waals surface area contributed by atoms with Crippen molar-refractivity contribution in [1.82, 2.24) is 0 Å². The summed E-state index contributed by atoms with van der Waals surface area (Å²) < 4.78 is 0. The van der Waals surface area contributed by atoms with E-state index in [9.17, 15) is 14.4 Å². The lowest BCUT2D eigenvalue weighted by Crippen LogP contribution is -2.41. The van der Waals surface area contributed by atoms with Crippen molar-refractivity contribution in [3.05, 3.63) is 114 Å². The Bertz CT molecular complexity index is 1710. The molecule has 39 heavy (non-hydrogen) atoms. The smallest absolute Gasteiger partial charge is 0.239 e. The highest BCUT2D eigenvalue weighted by Gasteiger charge is 2.80. The maximum absolute atomic E-state index is 14.7. The standard InChI is InChI=1S/C35H29NO3/c1-3-20-35-28(24-15-8-5-9-16-24)27(23-13-6-4-7-14-23)34(2,33(35)39)29-30(35)32(38)36(31(29)37)26-19-18-22-12-10-11-17-25(22)21-26/h4-19,21,29-30H,3,20H2,1-2H3/t29-,30+,34+,35-/m1/s1. The molecule has 1 saturated carbocycles. The average molecular weight is 512 g/mol. The van der Waals surface area contributed by atoms with E-state index in [1.54, 1.807) is 0 Å². The van der Waals surface area contributed by atoms with Gasteiger partial charge in [0.15, 0.2) is 5.78 Å². The Hall–Kier alpha value is -4.31. The number of hydrogen-bond acceptors (Lipinski definition) is 3. The topological polar surface area (TPSA) is 54.5 Å². The maximum atomic E-state index is 14.7. The summed E-state index contributed by atoms with van der Waals surface area (Å²) in [6, 6.07) is 33.6. The van der Waals surface area contributed by atoms with E-state index in [-0.39, 0.29) is 17.6 Å². The van der Waals surface area contributed by atoms with Crippen molar-refractivity contribution in [3.8, 4) is 0 Å². The molecular formula is C35H29NO3. The molecule has 4 nitrogen and oxygen atoms in total. The molecule has 0 aromatic heterocycles. The van der Waals surface area contributed by atoms with Crippen LogP contribution >= 0.6 is 0 Å². The van der Waals surface area contributed by atoms with Gasteiger partial charge in [-0.2, -0.15) is 0 Å². The number of carbonyl (C=O) groups is 3. The van der Waals surface area contributed by atoms with E-state index in [0.717, 1.165) is 39.5 Å². The lowest BCUT2D eigenvalue weighted by Gasteiger charge is -2.37. The molecule has 0 unspecified atom stereocenters. The summed E-state index contributed by atoms with van der Waals surface area (Å²) in [4.78, 5) is 44.9. The van der Waals surface area contributed by atoms with E-state index >= 15 is 0 Å². The second kappa shape index (κ2) is 8.34. The molecule has 2 aliphatic carbocycles. The highest BCUT2D eigenvalue weighted by molar-refractivity contribution is 6.34. The third-order valence-corrected chi connectivity index (χ3v) is 9.31. The summed E-state index contributed by atoms with van der Waals surface area (Å²) in [5.74, 6) is -1.97. The molecular weight excluding hydrogens is 482 g/mol. The van der Waals surface area contributed by atoms with E-state index in [2.05, 4.69) is 6.92 Å². The molecule has 4 atom stereocenters.